The molecule has 12 nitrogen and oxygen atoms in total. The number of hydrogen-bond donors (Lipinski definition) is 2. The predicted molar refractivity (Wildman–Crippen MR) is 163 cm³/mol. The number of carbonyl (C=O) groups excluding carboxylic acids is 2. The Balaban J connectivity index is 1.36. The van der Waals surface area contributed by atoms with Gasteiger partial charge in [-0.15, -0.1) is 0 Å². The Bertz CT molecular complexity index is 1500. The maximum absolute atomic E-state index is 12.7. The number of hydrogen-bond acceptors (Lipinski definition) is 8. The fourth-order valence-corrected chi connectivity index (χ4v) is 5.91. The first-order chi connectivity index (χ1) is 21.4. The van der Waals surface area contributed by atoms with Gasteiger partial charge in [-0.1, -0.05) is 37.0 Å². The molecule has 0 radical (unpaired) electrons. The summed E-state index contributed by atoms with van der Waals surface area (Å²) in [6.07, 6.45) is 0.233. The number of fused-ring (bicyclic) bond motifs is 2. The van der Waals surface area contributed by atoms with Gasteiger partial charge in [0.1, 0.15) is 0 Å². The first-order valence-electron chi connectivity index (χ1n) is 14.4. The van der Waals surface area contributed by atoms with Crippen molar-refractivity contribution in [3.05, 3.63) is 44.4 Å². The van der Waals surface area contributed by atoms with Crippen LogP contribution in [-0.2, 0) is 45.4 Å². The van der Waals surface area contributed by atoms with Crippen molar-refractivity contribution in [2.24, 2.45) is 11.8 Å². The zero-order valence-electron chi connectivity index (χ0n) is 25.5. The lowest BCUT2D eigenvalue weighted by atomic mass is 10.1. The van der Waals surface area contributed by atoms with Gasteiger partial charge in [-0.3, -0.25) is 19.2 Å². The van der Waals surface area contributed by atoms with Gasteiger partial charge in [-0.2, -0.15) is 0 Å². The van der Waals surface area contributed by atoms with Crippen molar-refractivity contribution in [2.75, 3.05) is 27.4 Å². The molecule has 2 aromatic carbocycles. The lowest BCUT2D eigenvalue weighted by Crippen LogP contribution is -2.28. The lowest BCUT2D eigenvalue weighted by Gasteiger charge is -2.17. The number of nitrogens with zero attached hydrogens (tertiary/aromatic N) is 2. The quantitative estimate of drug-likeness (QED) is 0.270. The Kier molecular flexibility index (Phi) is 10.9. The highest BCUT2D eigenvalue weighted by Gasteiger charge is 2.32. The maximum atomic E-state index is 12.7. The highest BCUT2D eigenvalue weighted by molar-refractivity contribution is 6.33. The summed E-state index contributed by atoms with van der Waals surface area (Å²) >= 11 is 13.3. The number of methoxy groups -OCH3 is 2. The topological polar surface area (TPSA) is 152 Å². The number of carboxylic acids is 2. The second kappa shape index (κ2) is 14.5. The van der Waals surface area contributed by atoms with Crippen molar-refractivity contribution < 1.29 is 48.3 Å². The van der Waals surface area contributed by atoms with Gasteiger partial charge < -0.3 is 39.0 Å². The third-order valence-electron chi connectivity index (χ3n) is 7.91. The molecule has 2 amide bonds. The smallest absolute Gasteiger partial charge is 0.306 e. The normalized spacial score (nSPS) is 14.8. The van der Waals surface area contributed by atoms with Gasteiger partial charge in [0.15, 0.2) is 23.0 Å². The molecule has 2 N–H and O–H groups in total. The molecule has 2 atom stereocenters. The van der Waals surface area contributed by atoms with E-state index in [2.05, 4.69) is 0 Å². The summed E-state index contributed by atoms with van der Waals surface area (Å²) in [6.45, 7) is 4.51. The number of carbonyl (C=O) groups is 4. The molecule has 2 heterocycles. The summed E-state index contributed by atoms with van der Waals surface area (Å²) in [7, 11) is 2.96. The number of rotatable bonds is 14. The van der Waals surface area contributed by atoms with Gasteiger partial charge in [-0.25, -0.2) is 0 Å². The third kappa shape index (κ3) is 7.50. The van der Waals surface area contributed by atoms with Crippen LogP contribution in [0.4, 0.5) is 0 Å². The zero-order valence-corrected chi connectivity index (χ0v) is 27.0. The molecule has 244 valence electrons. The van der Waals surface area contributed by atoms with Crippen LogP contribution in [0.1, 0.15) is 55.4 Å². The molecule has 0 aromatic heterocycles. The Morgan fingerprint density at radius 2 is 1.20 bits per heavy atom. The molecular formula is C31H36Cl2N2O10. The van der Waals surface area contributed by atoms with E-state index >= 15 is 0 Å². The Hall–Kier alpha value is -3.90. The third-order valence-corrected chi connectivity index (χ3v) is 8.71. The van der Waals surface area contributed by atoms with Crippen molar-refractivity contribution in [3.63, 3.8) is 0 Å². The van der Waals surface area contributed by atoms with Gasteiger partial charge in [0.05, 0.1) is 49.3 Å². The van der Waals surface area contributed by atoms with Crippen LogP contribution in [0.3, 0.4) is 0 Å². The molecule has 2 aromatic rings. The minimum Gasteiger partial charge on any atom is -0.493 e. The van der Waals surface area contributed by atoms with Crippen LogP contribution in [-0.4, -0.2) is 71.2 Å². The van der Waals surface area contributed by atoms with E-state index in [9.17, 15) is 19.2 Å². The Labute approximate surface area is 270 Å². The van der Waals surface area contributed by atoms with Crippen LogP contribution in [0.2, 0.25) is 10.0 Å². The van der Waals surface area contributed by atoms with Crippen molar-refractivity contribution >= 4 is 47.0 Å². The van der Waals surface area contributed by atoms with E-state index in [0.29, 0.717) is 46.0 Å². The molecule has 2 aliphatic heterocycles. The van der Waals surface area contributed by atoms with E-state index in [1.54, 1.807) is 21.9 Å². The van der Waals surface area contributed by atoms with Crippen LogP contribution in [0, 0.1) is 11.8 Å². The number of ether oxygens (including phenoxy) is 4. The first kappa shape index (κ1) is 34.0. The molecule has 2 aliphatic rings. The average Bonchev–Trinajstić information content (AvgIpc) is 3.63. The lowest BCUT2D eigenvalue weighted by molar-refractivity contribution is -0.145. The van der Waals surface area contributed by atoms with E-state index in [-0.39, 0.29) is 57.5 Å². The Morgan fingerprint density at radius 3 is 1.67 bits per heavy atom. The molecule has 14 heteroatoms. The fourth-order valence-electron chi connectivity index (χ4n) is 5.23. The van der Waals surface area contributed by atoms with Crippen molar-refractivity contribution in [1.29, 1.82) is 0 Å². The first-order valence-corrected chi connectivity index (χ1v) is 15.1. The minimum absolute atomic E-state index is 0.107. The summed E-state index contributed by atoms with van der Waals surface area (Å²) in [4.78, 5) is 50.8. The van der Waals surface area contributed by atoms with E-state index in [0.717, 1.165) is 22.3 Å². The SMILES string of the molecule is COc1cc2c(c(Cl)c1OCCCOc1cc3c(c(Cl)c1OC)CN(C(=O)CC(C)C(=O)O)C3)CN(C(=O)CC(C)C(=O)O)C2. The van der Waals surface area contributed by atoms with Gasteiger partial charge in [-0.05, 0) is 34.4 Å². The second-order valence-electron chi connectivity index (χ2n) is 11.2. The molecular weight excluding hydrogens is 631 g/mol. The molecule has 2 unspecified atom stereocenters. The number of halogens is 2. The average molecular weight is 668 g/mol. The van der Waals surface area contributed by atoms with Gasteiger partial charge in [0.2, 0.25) is 11.8 Å². The van der Waals surface area contributed by atoms with Gasteiger partial charge >= 0.3 is 11.9 Å². The summed E-state index contributed by atoms with van der Waals surface area (Å²) in [5, 5.41) is 19.0. The number of amides is 2. The molecule has 4 rings (SSSR count). The number of benzene rings is 2. The number of carboxylic acid groups (broad SMARTS) is 2. The zero-order chi connectivity index (χ0) is 33.0. The molecule has 0 aliphatic carbocycles. The van der Waals surface area contributed by atoms with Crippen molar-refractivity contribution in [2.45, 2.75) is 59.3 Å². The summed E-state index contributed by atoms with van der Waals surface area (Å²) in [6, 6.07) is 3.55. The van der Waals surface area contributed by atoms with Crippen molar-refractivity contribution in [1.82, 2.24) is 9.80 Å². The standard InChI is InChI=1S/C31H36Cl2N2O10/c1-16(30(38)39)8-24(36)34-12-18-10-22(42-3)29(27(33)21(18)15-34)45-7-5-6-44-23-11-19-13-35(25(37)9-17(2)31(40)41)14-20(19)26(32)28(23)43-4/h10-11,16-17H,5-9,12-15H2,1-4H3,(H,38,39)(H,40,41). The summed E-state index contributed by atoms with van der Waals surface area (Å²) in [5.41, 5.74) is 3.06. The predicted octanol–water partition coefficient (Wildman–Crippen LogP) is 4.76. The van der Waals surface area contributed by atoms with E-state index in [1.807, 2.05) is 0 Å². The highest BCUT2D eigenvalue weighted by atomic mass is 35.5. The summed E-state index contributed by atoms with van der Waals surface area (Å²) < 4.78 is 23.0. The fraction of sp³-hybridized carbons (Fsp3) is 0.484. The molecule has 0 fully saturated rings. The molecule has 0 spiro atoms. The van der Waals surface area contributed by atoms with E-state index in [1.165, 1.54) is 28.1 Å². The van der Waals surface area contributed by atoms with Crippen LogP contribution < -0.4 is 18.9 Å². The molecule has 0 bridgehead atoms. The molecule has 0 saturated carbocycles. The minimum atomic E-state index is -1.03. The van der Waals surface area contributed by atoms with E-state index in [4.69, 9.17) is 52.4 Å². The second-order valence-corrected chi connectivity index (χ2v) is 11.9. The van der Waals surface area contributed by atoms with Gasteiger partial charge in [0, 0.05) is 45.4 Å². The van der Waals surface area contributed by atoms with Crippen molar-refractivity contribution in [3.8, 4) is 23.0 Å². The Morgan fingerprint density at radius 1 is 0.733 bits per heavy atom. The summed E-state index contributed by atoms with van der Waals surface area (Å²) in [5.74, 6) is -2.69. The highest BCUT2D eigenvalue weighted by Crippen LogP contribution is 2.45. The molecule has 0 saturated heterocycles. The van der Waals surface area contributed by atoms with Crippen LogP contribution >= 0.6 is 23.2 Å². The largest absolute Gasteiger partial charge is 0.493 e. The van der Waals surface area contributed by atoms with Gasteiger partial charge in [0.25, 0.3) is 0 Å². The maximum Gasteiger partial charge on any atom is 0.306 e. The van der Waals surface area contributed by atoms with Crippen LogP contribution in [0.25, 0.3) is 0 Å². The van der Waals surface area contributed by atoms with Crippen LogP contribution in [0.5, 0.6) is 23.0 Å². The van der Waals surface area contributed by atoms with Crippen LogP contribution in [0.15, 0.2) is 12.1 Å². The van der Waals surface area contributed by atoms with E-state index < -0.39 is 23.8 Å². The molecule has 45 heavy (non-hydrogen) atoms. The number of aliphatic carboxylic acids is 2. The monoisotopic (exact) mass is 666 g/mol.